The van der Waals surface area contributed by atoms with Crippen molar-refractivity contribution >= 4 is 32.7 Å². The molecule has 0 aliphatic rings. The molecule has 254 valence electrons. The van der Waals surface area contributed by atoms with Crippen molar-refractivity contribution in [3.8, 4) is 73.3 Å². The summed E-state index contributed by atoms with van der Waals surface area (Å²) in [5, 5.41) is 16.3. The first-order valence-corrected chi connectivity index (χ1v) is 17.9. The predicted molar refractivity (Wildman–Crippen MR) is 219 cm³/mol. The highest BCUT2D eigenvalue weighted by molar-refractivity contribution is 6.10. The Labute approximate surface area is 311 Å². The highest BCUT2D eigenvalue weighted by Crippen LogP contribution is 2.44. The van der Waals surface area contributed by atoms with E-state index in [1.165, 1.54) is 0 Å². The average Bonchev–Trinajstić information content (AvgIpc) is 3.63. The Morgan fingerprint density at radius 3 is 1.76 bits per heavy atom. The molecule has 0 unspecified atom stereocenters. The molecule has 0 atom stereocenters. The lowest BCUT2D eigenvalue weighted by Gasteiger charge is -2.16. The molecule has 54 heavy (non-hydrogen) atoms. The van der Waals surface area contributed by atoms with E-state index in [4.69, 9.17) is 19.4 Å². The molecule has 8 aromatic carbocycles. The van der Waals surface area contributed by atoms with Crippen LogP contribution in [0.5, 0.6) is 5.75 Å². The second-order valence-corrected chi connectivity index (χ2v) is 13.4. The van der Waals surface area contributed by atoms with E-state index in [2.05, 4.69) is 84.9 Å². The average molecular weight is 694 g/mol. The van der Waals surface area contributed by atoms with Crippen LogP contribution in [0.1, 0.15) is 0 Å². The number of para-hydroxylation sites is 2. The summed E-state index contributed by atoms with van der Waals surface area (Å²) in [5.41, 5.74) is 9.33. The lowest BCUT2D eigenvalue weighted by molar-refractivity contribution is 0.477. The Morgan fingerprint density at radius 2 is 0.963 bits per heavy atom. The normalized spacial score (nSPS) is 11.4. The third-order valence-electron chi connectivity index (χ3n) is 10.0. The summed E-state index contributed by atoms with van der Waals surface area (Å²) >= 11 is 0. The maximum atomic E-state index is 12.0. The maximum absolute atomic E-state index is 12.0. The van der Waals surface area contributed by atoms with Crippen LogP contribution in [0.4, 0.5) is 0 Å². The number of phenolic OH excluding ortho intramolecular Hbond substituents is 1. The van der Waals surface area contributed by atoms with Gasteiger partial charge in [-0.25, -0.2) is 15.0 Å². The molecule has 5 heteroatoms. The van der Waals surface area contributed by atoms with Crippen LogP contribution in [-0.4, -0.2) is 20.1 Å². The number of phenols is 1. The van der Waals surface area contributed by atoms with Crippen molar-refractivity contribution < 1.29 is 9.52 Å². The minimum absolute atomic E-state index is 0.114. The van der Waals surface area contributed by atoms with Gasteiger partial charge in [0.2, 0.25) is 0 Å². The van der Waals surface area contributed by atoms with Crippen LogP contribution in [0.2, 0.25) is 0 Å². The molecule has 0 saturated heterocycles. The highest BCUT2D eigenvalue weighted by atomic mass is 16.3. The van der Waals surface area contributed by atoms with Crippen LogP contribution in [0.3, 0.4) is 0 Å². The van der Waals surface area contributed by atoms with Gasteiger partial charge in [-0.3, -0.25) is 0 Å². The number of rotatable bonds is 6. The Balaban J connectivity index is 1.21. The minimum Gasteiger partial charge on any atom is -0.507 e. The van der Waals surface area contributed by atoms with Crippen molar-refractivity contribution in [2.24, 2.45) is 0 Å². The van der Waals surface area contributed by atoms with Crippen molar-refractivity contribution in [2.75, 3.05) is 0 Å². The van der Waals surface area contributed by atoms with E-state index in [0.29, 0.717) is 28.6 Å². The van der Waals surface area contributed by atoms with Gasteiger partial charge in [-0.2, -0.15) is 0 Å². The second-order valence-electron chi connectivity index (χ2n) is 13.4. The number of aromatic nitrogens is 3. The molecule has 0 aliphatic heterocycles. The van der Waals surface area contributed by atoms with Gasteiger partial charge in [-0.1, -0.05) is 158 Å². The fourth-order valence-corrected chi connectivity index (χ4v) is 7.37. The molecule has 5 nitrogen and oxygen atoms in total. The van der Waals surface area contributed by atoms with E-state index < -0.39 is 0 Å². The first-order valence-electron chi connectivity index (χ1n) is 17.9. The summed E-state index contributed by atoms with van der Waals surface area (Å²) in [5.74, 6) is 1.63. The fourth-order valence-electron chi connectivity index (χ4n) is 7.37. The molecule has 0 spiro atoms. The monoisotopic (exact) mass is 693 g/mol. The summed E-state index contributed by atoms with van der Waals surface area (Å²) in [7, 11) is 0. The molecule has 0 bridgehead atoms. The maximum Gasteiger partial charge on any atom is 0.164 e. The number of benzene rings is 8. The van der Waals surface area contributed by atoms with Gasteiger partial charge in [0.25, 0.3) is 0 Å². The number of hydrogen-bond acceptors (Lipinski definition) is 5. The molecule has 0 radical (unpaired) electrons. The first kappa shape index (κ1) is 31.4. The van der Waals surface area contributed by atoms with Gasteiger partial charge in [-0.15, -0.1) is 0 Å². The van der Waals surface area contributed by atoms with Crippen molar-refractivity contribution in [3.05, 3.63) is 182 Å². The lowest BCUT2D eigenvalue weighted by Crippen LogP contribution is -2.02. The van der Waals surface area contributed by atoms with Crippen molar-refractivity contribution in [2.45, 2.75) is 0 Å². The van der Waals surface area contributed by atoms with Crippen molar-refractivity contribution in [3.63, 3.8) is 0 Å². The Bertz CT molecular complexity index is 2990. The molecule has 1 N–H and O–H groups in total. The zero-order valence-electron chi connectivity index (χ0n) is 29.0. The van der Waals surface area contributed by atoms with Crippen LogP contribution >= 0.6 is 0 Å². The number of fused-ring (bicyclic) bond motifs is 4. The number of furan rings is 1. The van der Waals surface area contributed by atoms with Crippen LogP contribution < -0.4 is 0 Å². The molecule has 2 heterocycles. The van der Waals surface area contributed by atoms with Crippen LogP contribution in [0, 0.1) is 0 Å². The molecule has 0 amide bonds. The van der Waals surface area contributed by atoms with Gasteiger partial charge >= 0.3 is 0 Å². The summed E-state index contributed by atoms with van der Waals surface area (Å²) in [6.07, 6.45) is 0. The van der Waals surface area contributed by atoms with Gasteiger partial charge in [-0.05, 0) is 57.3 Å². The summed E-state index contributed by atoms with van der Waals surface area (Å²) < 4.78 is 6.45. The largest absolute Gasteiger partial charge is 0.507 e. The van der Waals surface area contributed by atoms with E-state index in [-0.39, 0.29) is 5.75 Å². The second kappa shape index (κ2) is 13.0. The van der Waals surface area contributed by atoms with E-state index in [9.17, 15) is 5.11 Å². The van der Waals surface area contributed by atoms with Crippen molar-refractivity contribution in [1.82, 2.24) is 15.0 Å². The van der Waals surface area contributed by atoms with Crippen LogP contribution in [-0.2, 0) is 0 Å². The predicted octanol–water partition coefficient (Wildman–Crippen LogP) is 12.6. The molecule has 10 aromatic rings. The third kappa shape index (κ3) is 5.56. The van der Waals surface area contributed by atoms with E-state index in [1.807, 2.05) is 97.1 Å². The number of hydrogen-bond donors (Lipinski definition) is 1. The summed E-state index contributed by atoms with van der Waals surface area (Å²) in [6.45, 7) is 0. The Hall–Kier alpha value is -7.37. The zero-order chi connectivity index (χ0) is 36.0. The smallest absolute Gasteiger partial charge is 0.164 e. The standard InChI is InChI=1S/C49H31N3O2/c53-43-30-38(39-19-11-20-41-40-18-9-10-21-44(40)54-46(39)41)29-42(45(43)34-15-5-2-6-16-34)49-51-47(35-25-22-33(23-26-35)31-12-3-1-4-13-31)50-48(52-49)37-27-24-32-14-7-8-17-36(32)28-37/h1-30,53H. The minimum atomic E-state index is 0.114. The first-order chi connectivity index (χ1) is 26.7. The molecule has 10 rings (SSSR count). The fraction of sp³-hybridized carbons (Fsp3) is 0. The quantitative estimate of drug-likeness (QED) is 0.188. The summed E-state index contributed by atoms with van der Waals surface area (Å²) in [4.78, 5) is 15.4. The van der Waals surface area contributed by atoms with Gasteiger partial charge in [0.05, 0.1) is 0 Å². The van der Waals surface area contributed by atoms with E-state index in [1.54, 1.807) is 0 Å². The highest BCUT2D eigenvalue weighted by Gasteiger charge is 2.22. The Morgan fingerprint density at radius 1 is 0.370 bits per heavy atom. The molecule has 2 aromatic heterocycles. The lowest BCUT2D eigenvalue weighted by atomic mass is 9.92. The molecule has 0 aliphatic carbocycles. The topological polar surface area (TPSA) is 72.0 Å². The number of nitrogens with zero attached hydrogens (tertiary/aromatic N) is 3. The molecular formula is C49H31N3O2. The SMILES string of the molecule is Oc1cc(-c2cccc3c2oc2ccccc23)cc(-c2nc(-c3ccc(-c4ccccc4)cc3)nc(-c3ccc4ccccc4c3)n2)c1-c1ccccc1. The van der Waals surface area contributed by atoms with E-state index in [0.717, 1.165) is 71.7 Å². The third-order valence-corrected chi connectivity index (χ3v) is 10.0. The van der Waals surface area contributed by atoms with Gasteiger partial charge in [0, 0.05) is 38.6 Å². The Kier molecular flexibility index (Phi) is 7.55. The van der Waals surface area contributed by atoms with E-state index >= 15 is 0 Å². The zero-order valence-corrected chi connectivity index (χ0v) is 29.0. The van der Waals surface area contributed by atoms with Gasteiger partial charge < -0.3 is 9.52 Å². The molecule has 0 saturated carbocycles. The molecule has 0 fully saturated rings. The van der Waals surface area contributed by atoms with Crippen LogP contribution in [0.25, 0.3) is 100 Å². The van der Waals surface area contributed by atoms with Gasteiger partial charge in [0.1, 0.15) is 16.9 Å². The van der Waals surface area contributed by atoms with Crippen molar-refractivity contribution in [1.29, 1.82) is 0 Å². The molecular weight excluding hydrogens is 663 g/mol. The van der Waals surface area contributed by atoms with Crippen LogP contribution in [0.15, 0.2) is 186 Å². The number of aromatic hydroxyl groups is 1. The summed E-state index contributed by atoms with van der Waals surface area (Å²) in [6, 6.07) is 61.1. The van der Waals surface area contributed by atoms with Gasteiger partial charge in [0.15, 0.2) is 17.5 Å².